The molecule has 0 unspecified atom stereocenters. The Morgan fingerprint density at radius 3 is 2.56 bits per heavy atom. The predicted octanol–water partition coefficient (Wildman–Crippen LogP) is 6.31. The second kappa shape index (κ2) is 8.96. The number of fused-ring (bicyclic) bond motifs is 1. The molecule has 0 fully saturated rings. The molecule has 32 heavy (non-hydrogen) atoms. The van der Waals surface area contributed by atoms with Gasteiger partial charge in [0.25, 0.3) is 0 Å². The average Bonchev–Trinajstić information content (AvgIpc) is 3.45. The van der Waals surface area contributed by atoms with E-state index in [2.05, 4.69) is 16.2 Å². The highest BCUT2D eigenvalue weighted by atomic mass is 32.2. The molecule has 0 amide bonds. The average molecular weight is 445 g/mol. The van der Waals surface area contributed by atoms with Gasteiger partial charge in [-0.15, -0.1) is 0 Å². The molecule has 0 spiro atoms. The van der Waals surface area contributed by atoms with Crippen LogP contribution in [-0.2, 0) is 6.54 Å². The van der Waals surface area contributed by atoms with Crippen molar-refractivity contribution in [2.75, 3.05) is 12.0 Å². The molecule has 3 aromatic heterocycles. The van der Waals surface area contributed by atoms with Crippen LogP contribution in [0.5, 0.6) is 0 Å². The van der Waals surface area contributed by atoms with Crippen LogP contribution in [0.4, 0.5) is 4.39 Å². The van der Waals surface area contributed by atoms with Crippen molar-refractivity contribution in [3.05, 3.63) is 79.0 Å². The Bertz CT molecular complexity index is 1350. The molecule has 0 aliphatic heterocycles. The Kier molecular flexibility index (Phi) is 5.73. The Balaban J connectivity index is 1.64. The van der Waals surface area contributed by atoms with Gasteiger partial charge in [-0.25, -0.2) is 14.4 Å². The van der Waals surface area contributed by atoms with E-state index in [1.165, 1.54) is 18.5 Å². The van der Waals surface area contributed by atoms with Gasteiger partial charge in [0.1, 0.15) is 23.6 Å². The van der Waals surface area contributed by atoms with Crippen molar-refractivity contribution in [1.82, 2.24) is 19.7 Å². The molecule has 0 N–H and O–H groups in total. The van der Waals surface area contributed by atoms with Gasteiger partial charge in [-0.3, -0.25) is 4.68 Å². The third-order valence-electron chi connectivity index (χ3n) is 5.26. The summed E-state index contributed by atoms with van der Waals surface area (Å²) in [5, 5.41) is 5.64. The third-order valence-corrected chi connectivity index (χ3v) is 5.95. The smallest absolute Gasteiger partial charge is 0.230 e. The van der Waals surface area contributed by atoms with Crippen molar-refractivity contribution < 1.29 is 8.81 Å². The van der Waals surface area contributed by atoms with Crippen molar-refractivity contribution in [1.29, 1.82) is 0 Å². The Morgan fingerprint density at radius 1 is 0.969 bits per heavy atom. The summed E-state index contributed by atoms with van der Waals surface area (Å²) < 4.78 is 21.5. The number of hydrogen-bond donors (Lipinski definition) is 0. The van der Waals surface area contributed by atoms with E-state index in [1.807, 2.05) is 59.0 Å². The fraction of sp³-hybridized carbons (Fsp3) is 0.160. The fourth-order valence-corrected chi connectivity index (χ4v) is 4.13. The molecule has 5 aromatic rings. The van der Waals surface area contributed by atoms with Gasteiger partial charge in [0.2, 0.25) is 5.71 Å². The molecule has 0 bridgehead atoms. The first-order valence-electron chi connectivity index (χ1n) is 10.4. The van der Waals surface area contributed by atoms with Crippen LogP contribution in [0.1, 0.15) is 6.42 Å². The maximum atomic E-state index is 13.5. The summed E-state index contributed by atoms with van der Waals surface area (Å²) in [7, 11) is 0. The maximum absolute atomic E-state index is 13.5. The maximum Gasteiger partial charge on any atom is 0.230 e. The summed E-state index contributed by atoms with van der Waals surface area (Å²) in [5.41, 5.74) is 4.71. The van der Waals surface area contributed by atoms with Crippen LogP contribution < -0.4 is 0 Å². The van der Waals surface area contributed by atoms with E-state index < -0.39 is 0 Å². The quantitative estimate of drug-likeness (QED) is 0.275. The summed E-state index contributed by atoms with van der Waals surface area (Å²) in [6.07, 6.45) is 6.62. The van der Waals surface area contributed by atoms with Gasteiger partial charge in [0.05, 0.1) is 11.1 Å². The summed E-state index contributed by atoms with van der Waals surface area (Å²) in [6.45, 7) is 0.796. The van der Waals surface area contributed by atoms with E-state index in [0.717, 1.165) is 57.9 Å². The summed E-state index contributed by atoms with van der Waals surface area (Å²) in [4.78, 5) is 8.93. The molecule has 160 valence electrons. The first kappa shape index (κ1) is 20.5. The molecule has 0 atom stereocenters. The van der Waals surface area contributed by atoms with Crippen LogP contribution in [0.25, 0.3) is 44.9 Å². The summed E-state index contributed by atoms with van der Waals surface area (Å²) in [5.74, 6) is 1.51. The number of hydrogen-bond acceptors (Lipinski definition) is 5. The van der Waals surface area contributed by atoms with Gasteiger partial charge in [0.15, 0.2) is 0 Å². The Morgan fingerprint density at radius 2 is 1.78 bits per heavy atom. The molecule has 7 heteroatoms. The second-order valence-corrected chi connectivity index (χ2v) is 8.41. The number of rotatable bonds is 7. The van der Waals surface area contributed by atoms with Crippen molar-refractivity contribution in [3.63, 3.8) is 0 Å². The minimum Gasteiger partial charge on any atom is -0.438 e. The van der Waals surface area contributed by atoms with Crippen molar-refractivity contribution in [3.8, 4) is 33.8 Å². The van der Waals surface area contributed by atoms with Crippen molar-refractivity contribution in [2.24, 2.45) is 0 Å². The monoisotopic (exact) mass is 444 g/mol. The molecule has 0 radical (unpaired) electrons. The normalized spacial score (nSPS) is 11.3. The highest BCUT2D eigenvalue weighted by Crippen LogP contribution is 2.36. The first-order chi connectivity index (χ1) is 15.7. The highest BCUT2D eigenvalue weighted by Gasteiger charge is 2.19. The van der Waals surface area contributed by atoms with E-state index in [9.17, 15) is 4.39 Å². The van der Waals surface area contributed by atoms with Gasteiger partial charge in [-0.05, 0) is 48.8 Å². The number of nitrogens with zero attached hydrogens (tertiary/aromatic N) is 4. The SMILES string of the molecule is CSCCCn1cc(-c2ncnc3oc(-c4ccccc4)cc23)c(-c2ccc(F)cc2)n1. The predicted molar refractivity (Wildman–Crippen MR) is 127 cm³/mol. The van der Waals surface area contributed by atoms with Crippen LogP contribution in [0.2, 0.25) is 0 Å². The first-order valence-corrected chi connectivity index (χ1v) is 11.7. The minimum atomic E-state index is -0.276. The number of thioether (sulfide) groups is 1. The lowest BCUT2D eigenvalue weighted by Crippen LogP contribution is -1.99. The molecule has 0 saturated carbocycles. The van der Waals surface area contributed by atoms with Crippen LogP contribution in [0.3, 0.4) is 0 Å². The number of furan rings is 1. The molecule has 2 aromatic carbocycles. The van der Waals surface area contributed by atoms with Crippen LogP contribution in [0.15, 0.2) is 77.6 Å². The Hall–Kier alpha value is -3.45. The Labute approximate surface area is 189 Å². The van der Waals surface area contributed by atoms with Crippen LogP contribution >= 0.6 is 11.8 Å². The van der Waals surface area contributed by atoms with Gasteiger partial charge in [-0.2, -0.15) is 16.9 Å². The lowest BCUT2D eigenvalue weighted by molar-refractivity contribution is 0.608. The third kappa shape index (κ3) is 4.03. The van der Waals surface area contributed by atoms with Gasteiger partial charge >= 0.3 is 0 Å². The van der Waals surface area contributed by atoms with Gasteiger partial charge < -0.3 is 4.42 Å². The lowest BCUT2D eigenvalue weighted by Gasteiger charge is -2.03. The zero-order valence-corrected chi connectivity index (χ0v) is 18.3. The number of halogens is 1. The lowest BCUT2D eigenvalue weighted by atomic mass is 10.0. The van der Waals surface area contributed by atoms with Crippen molar-refractivity contribution in [2.45, 2.75) is 13.0 Å². The molecule has 0 aliphatic carbocycles. The zero-order chi connectivity index (χ0) is 21.9. The summed E-state index contributed by atoms with van der Waals surface area (Å²) >= 11 is 1.81. The largest absolute Gasteiger partial charge is 0.438 e. The zero-order valence-electron chi connectivity index (χ0n) is 17.5. The van der Waals surface area contributed by atoms with Crippen LogP contribution in [0, 0.1) is 5.82 Å². The van der Waals surface area contributed by atoms with Crippen LogP contribution in [-0.4, -0.2) is 31.8 Å². The van der Waals surface area contributed by atoms with Gasteiger partial charge in [-0.1, -0.05) is 30.3 Å². The van der Waals surface area contributed by atoms with E-state index in [-0.39, 0.29) is 5.82 Å². The van der Waals surface area contributed by atoms with E-state index >= 15 is 0 Å². The number of aryl methyl sites for hydroxylation is 1. The van der Waals surface area contributed by atoms with E-state index in [0.29, 0.717) is 5.71 Å². The fourth-order valence-electron chi connectivity index (χ4n) is 3.72. The van der Waals surface area contributed by atoms with Crippen molar-refractivity contribution >= 4 is 22.9 Å². The molecule has 0 saturated heterocycles. The number of benzene rings is 2. The molecule has 5 nitrogen and oxygen atoms in total. The minimum absolute atomic E-state index is 0.276. The standard InChI is InChI=1S/C25H21FN4OS/c1-32-13-5-12-30-15-21(23(29-30)18-8-10-19(26)11-9-18)24-20-14-22(17-6-3-2-4-7-17)31-25(20)28-16-27-24/h2-4,6-11,14-16H,5,12-13H2,1H3. The molecule has 3 heterocycles. The van der Waals surface area contributed by atoms with Gasteiger partial charge in [0, 0.05) is 29.4 Å². The topological polar surface area (TPSA) is 56.7 Å². The summed E-state index contributed by atoms with van der Waals surface area (Å²) in [6, 6.07) is 18.3. The molecular formula is C25H21FN4OS. The number of aromatic nitrogens is 4. The molecule has 0 aliphatic rings. The van der Waals surface area contributed by atoms with E-state index in [4.69, 9.17) is 9.52 Å². The molecule has 5 rings (SSSR count). The van der Waals surface area contributed by atoms with E-state index in [1.54, 1.807) is 12.1 Å². The molecular weight excluding hydrogens is 423 g/mol. The highest BCUT2D eigenvalue weighted by molar-refractivity contribution is 7.98. The second-order valence-electron chi connectivity index (χ2n) is 7.43.